The molecule has 31 heavy (non-hydrogen) atoms. The van der Waals surface area contributed by atoms with Gasteiger partial charge >= 0.3 is 0 Å². The summed E-state index contributed by atoms with van der Waals surface area (Å²) in [7, 11) is 0. The molecule has 1 fully saturated rings. The Morgan fingerprint density at radius 1 is 0.839 bits per heavy atom. The molecular formula is C21H22O10. The molecule has 1 aliphatic heterocycles. The van der Waals surface area contributed by atoms with E-state index in [1.807, 2.05) is 0 Å². The third-order valence-corrected chi connectivity index (χ3v) is 5.95. The Morgan fingerprint density at radius 3 is 2.16 bits per heavy atom. The second kappa shape index (κ2) is 7.75. The van der Waals surface area contributed by atoms with E-state index in [2.05, 4.69) is 0 Å². The van der Waals surface area contributed by atoms with E-state index >= 15 is 0 Å². The first-order chi connectivity index (χ1) is 14.7. The van der Waals surface area contributed by atoms with Crippen molar-refractivity contribution in [1.29, 1.82) is 0 Å². The number of hydrogen-bond donors (Lipinski definition) is 8. The maximum absolute atomic E-state index is 13.1. The van der Waals surface area contributed by atoms with Gasteiger partial charge in [0.25, 0.3) is 0 Å². The van der Waals surface area contributed by atoms with E-state index in [9.17, 15) is 45.6 Å². The number of carbonyl (C=O) groups is 1. The zero-order chi connectivity index (χ0) is 22.6. The summed E-state index contributed by atoms with van der Waals surface area (Å²) >= 11 is 0. The molecule has 0 amide bonds. The third-order valence-electron chi connectivity index (χ3n) is 5.95. The van der Waals surface area contributed by atoms with Gasteiger partial charge in [0, 0.05) is 11.5 Å². The Labute approximate surface area is 175 Å². The minimum atomic E-state index is -1.73. The van der Waals surface area contributed by atoms with Gasteiger partial charge in [0.15, 0.2) is 0 Å². The Hall–Kier alpha value is -2.73. The van der Waals surface area contributed by atoms with E-state index in [-0.39, 0.29) is 27.8 Å². The molecule has 1 aliphatic carbocycles. The van der Waals surface area contributed by atoms with Crippen molar-refractivity contribution in [2.75, 3.05) is 6.61 Å². The third kappa shape index (κ3) is 3.16. The van der Waals surface area contributed by atoms with Gasteiger partial charge in [0.05, 0.1) is 30.4 Å². The molecule has 0 radical (unpaired) electrons. The van der Waals surface area contributed by atoms with Crippen LogP contribution < -0.4 is 0 Å². The lowest BCUT2D eigenvalue weighted by Crippen LogP contribution is -2.60. The van der Waals surface area contributed by atoms with E-state index in [0.717, 1.165) is 12.1 Å². The molecular weight excluding hydrogens is 412 g/mol. The van der Waals surface area contributed by atoms with Crippen LogP contribution in [0.25, 0.3) is 0 Å². The highest BCUT2D eigenvalue weighted by Crippen LogP contribution is 2.50. The Balaban J connectivity index is 2.00. The van der Waals surface area contributed by atoms with Crippen LogP contribution in [0, 0.1) is 0 Å². The monoisotopic (exact) mass is 434 g/mol. The van der Waals surface area contributed by atoms with Gasteiger partial charge in [-0.25, -0.2) is 0 Å². The lowest BCUT2D eigenvalue weighted by atomic mass is 9.71. The fourth-order valence-electron chi connectivity index (χ4n) is 4.47. The molecule has 8 N–H and O–H groups in total. The van der Waals surface area contributed by atoms with Gasteiger partial charge in [-0.2, -0.15) is 0 Å². The summed E-state index contributed by atoms with van der Waals surface area (Å²) in [5, 5.41) is 81.6. The molecule has 4 rings (SSSR count). The summed E-state index contributed by atoms with van der Waals surface area (Å²) in [6, 6.07) is 4.79. The summed E-state index contributed by atoms with van der Waals surface area (Å²) in [6.45, 7) is -1.18. The molecule has 166 valence electrons. The number of phenolic OH excluding ortho intramolecular Hbond substituents is 3. The average Bonchev–Trinajstić information content (AvgIpc) is 2.75. The van der Waals surface area contributed by atoms with Crippen molar-refractivity contribution < 1.29 is 50.4 Å². The van der Waals surface area contributed by atoms with Gasteiger partial charge < -0.3 is 45.6 Å². The van der Waals surface area contributed by atoms with Crippen LogP contribution in [0.4, 0.5) is 0 Å². The van der Waals surface area contributed by atoms with Crippen molar-refractivity contribution >= 4 is 5.78 Å². The fourth-order valence-corrected chi connectivity index (χ4v) is 4.47. The van der Waals surface area contributed by atoms with Crippen LogP contribution in [0.15, 0.2) is 24.3 Å². The van der Waals surface area contributed by atoms with Crippen LogP contribution >= 0.6 is 0 Å². The van der Waals surface area contributed by atoms with Crippen LogP contribution in [0.3, 0.4) is 0 Å². The first-order valence-corrected chi connectivity index (χ1v) is 9.57. The molecule has 0 aromatic heterocycles. The summed E-state index contributed by atoms with van der Waals surface area (Å²) in [5.41, 5.74) is -0.362. The zero-order valence-corrected chi connectivity index (χ0v) is 16.1. The number of ketones is 1. The van der Waals surface area contributed by atoms with Crippen molar-refractivity contribution in [2.45, 2.75) is 43.0 Å². The molecule has 0 bridgehead atoms. The molecule has 0 unspecified atom stereocenters. The van der Waals surface area contributed by atoms with Crippen molar-refractivity contribution in [1.82, 2.24) is 0 Å². The zero-order valence-electron chi connectivity index (χ0n) is 16.1. The lowest BCUT2D eigenvalue weighted by Gasteiger charge is -2.45. The number of ether oxygens (including phenoxy) is 1. The van der Waals surface area contributed by atoms with Crippen LogP contribution in [-0.4, -0.2) is 83.8 Å². The Bertz CT molecular complexity index is 1030. The number of phenols is 3. The number of benzene rings is 2. The van der Waals surface area contributed by atoms with Gasteiger partial charge in [-0.3, -0.25) is 4.79 Å². The molecule has 10 heteroatoms. The molecule has 2 aromatic carbocycles. The fraction of sp³-hybridized carbons (Fsp3) is 0.381. The van der Waals surface area contributed by atoms with E-state index in [1.165, 1.54) is 12.1 Å². The van der Waals surface area contributed by atoms with Crippen molar-refractivity contribution in [3.63, 3.8) is 0 Å². The van der Waals surface area contributed by atoms with E-state index in [0.29, 0.717) is 0 Å². The maximum Gasteiger partial charge on any atom is 0.201 e. The van der Waals surface area contributed by atoms with E-state index < -0.39 is 72.7 Å². The van der Waals surface area contributed by atoms with Crippen LogP contribution in [0.2, 0.25) is 0 Å². The summed E-state index contributed by atoms with van der Waals surface area (Å²) in [5.74, 6) is -3.39. The Kier molecular flexibility index (Phi) is 5.38. The summed E-state index contributed by atoms with van der Waals surface area (Å²) in [6.07, 6.45) is -7.74. The molecule has 10 nitrogen and oxygen atoms in total. The molecule has 0 spiro atoms. The number of aromatic hydroxyl groups is 3. The first-order valence-electron chi connectivity index (χ1n) is 9.57. The topological polar surface area (TPSA) is 188 Å². The first kappa shape index (κ1) is 21.5. The Morgan fingerprint density at radius 2 is 1.52 bits per heavy atom. The van der Waals surface area contributed by atoms with E-state index in [4.69, 9.17) is 4.74 Å². The maximum atomic E-state index is 13.1. The number of fused-ring (bicyclic) bond motifs is 2. The SMILES string of the molecule is O=C1c2c(O)cc(CO)cc2[C@@H]([C@@H]2O[C@H](CO)[C@H](O)[C@@H](O)[C@H]2O)c2c(O)ccc(O)c21. The number of rotatable bonds is 3. The summed E-state index contributed by atoms with van der Waals surface area (Å²) < 4.78 is 5.67. The predicted molar refractivity (Wildman–Crippen MR) is 103 cm³/mol. The summed E-state index contributed by atoms with van der Waals surface area (Å²) in [4.78, 5) is 13.1. The second-order valence-electron chi connectivity index (χ2n) is 7.73. The van der Waals surface area contributed by atoms with E-state index in [1.54, 1.807) is 0 Å². The smallest absolute Gasteiger partial charge is 0.201 e. The minimum Gasteiger partial charge on any atom is -0.508 e. The minimum absolute atomic E-state index is 0.0757. The standard InChI is InChI=1S/C21H22O10/c22-5-7-3-8-13(11(26)4-7)18(28)16-10(25)2-1-9(24)15(16)14(8)21-20(30)19(29)17(27)12(6-23)31-21/h1-4,12,14,17,19-27,29-30H,5-6H2/t12-,14-,17+,19-,20-,21+/m1/s1. The molecule has 2 aliphatic rings. The molecule has 1 saturated heterocycles. The van der Waals surface area contributed by atoms with Crippen LogP contribution in [0.5, 0.6) is 17.2 Å². The predicted octanol–water partition coefficient (Wildman–Crippen LogP) is -1.19. The highest BCUT2D eigenvalue weighted by molar-refractivity contribution is 6.16. The van der Waals surface area contributed by atoms with Crippen molar-refractivity contribution in [3.8, 4) is 17.2 Å². The normalized spacial score (nSPS) is 30.0. The highest BCUT2D eigenvalue weighted by atomic mass is 16.5. The van der Waals surface area contributed by atoms with Gasteiger partial charge in [-0.1, -0.05) is 6.07 Å². The quantitative estimate of drug-likeness (QED) is 0.273. The van der Waals surface area contributed by atoms with Crippen LogP contribution in [-0.2, 0) is 11.3 Å². The lowest BCUT2D eigenvalue weighted by molar-refractivity contribution is -0.232. The highest BCUT2D eigenvalue weighted by Gasteiger charge is 2.51. The molecule has 1 heterocycles. The van der Waals surface area contributed by atoms with Gasteiger partial charge in [0.1, 0.15) is 41.7 Å². The van der Waals surface area contributed by atoms with Gasteiger partial charge in [0.2, 0.25) is 5.78 Å². The molecule has 6 atom stereocenters. The largest absolute Gasteiger partial charge is 0.508 e. The van der Waals surface area contributed by atoms with Gasteiger partial charge in [-0.15, -0.1) is 0 Å². The number of aliphatic hydroxyl groups is 5. The van der Waals surface area contributed by atoms with Gasteiger partial charge in [-0.05, 0) is 29.3 Å². The van der Waals surface area contributed by atoms with Crippen LogP contribution in [0.1, 0.15) is 38.5 Å². The van der Waals surface area contributed by atoms with Crippen molar-refractivity contribution in [2.24, 2.45) is 0 Å². The number of aliphatic hydroxyl groups excluding tert-OH is 5. The molecule has 2 aromatic rings. The number of hydrogen-bond acceptors (Lipinski definition) is 10. The molecule has 0 saturated carbocycles. The second-order valence-corrected chi connectivity index (χ2v) is 7.73. The van der Waals surface area contributed by atoms with Crippen molar-refractivity contribution in [3.05, 3.63) is 52.1 Å². The average molecular weight is 434 g/mol. The number of carbonyl (C=O) groups excluding carboxylic acids is 1.